The Morgan fingerprint density at radius 3 is 2.07 bits per heavy atom. The molecule has 2 aliphatic rings. The number of fused-ring (bicyclic) bond motifs is 2. The van der Waals surface area contributed by atoms with Gasteiger partial charge in [0, 0.05) is 52.2 Å². The minimum Gasteiger partial charge on any atom is -0.384 e. The molecule has 2 aliphatic heterocycles. The van der Waals surface area contributed by atoms with Crippen LogP contribution in [0.25, 0.3) is 21.8 Å². The second-order valence-electron chi connectivity index (χ2n) is 12.8. The molecule has 45 heavy (non-hydrogen) atoms. The monoisotopic (exact) mass is 628 g/mol. The van der Waals surface area contributed by atoms with Crippen molar-refractivity contribution in [3.05, 3.63) is 71.5 Å². The highest BCUT2D eigenvalue weighted by Crippen LogP contribution is 2.25. The van der Waals surface area contributed by atoms with Crippen LogP contribution in [0.1, 0.15) is 76.3 Å². The number of hydrogen-bond acceptors (Lipinski definition) is 6. The van der Waals surface area contributed by atoms with Crippen molar-refractivity contribution in [3.8, 4) is 0 Å². The van der Waals surface area contributed by atoms with Gasteiger partial charge < -0.3 is 20.4 Å². The zero-order chi connectivity index (χ0) is 31.1. The maximum absolute atomic E-state index is 6.02. The number of aromatic nitrogens is 2. The molecule has 0 radical (unpaired) electrons. The highest BCUT2D eigenvalue weighted by molar-refractivity contribution is 6.31. The van der Waals surface area contributed by atoms with Crippen LogP contribution in [0.2, 0.25) is 5.02 Å². The number of nitrogens with one attached hydrogen (secondary N) is 2. The number of hydrogen-bond donors (Lipinski definition) is 2. The predicted octanol–water partition coefficient (Wildman–Crippen LogP) is 9.18. The number of para-hydroxylation sites is 1. The van der Waals surface area contributed by atoms with Crippen molar-refractivity contribution in [2.45, 2.75) is 77.6 Å². The molecule has 2 aromatic carbocycles. The van der Waals surface area contributed by atoms with Gasteiger partial charge in [0.15, 0.2) is 0 Å². The summed E-state index contributed by atoms with van der Waals surface area (Å²) in [7, 11) is 0. The minimum absolute atomic E-state index is 0.734. The smallest absolute Gasteiger partial charge is 0.0737 e. The Bertz CT molecular complexity index is 1450. The molecule has 0 aliphatic carbocycles. The van der Waals surface area contributed by atoms with E-state index in [2.05, 4.69) is 67.7 Å². The zero-order valence-corrected chi connectivity index (χ0v) is 28.1. The van der Waals surface area contributed by atoms with Gasteiger partial charge in [0.25, 0.3) is 0 Å². The fourth-order valence-corrected chi connectivity index (χ4v) is 6.82. The first-order valence-corrected chi connectivity index (χ1v) is 17.9. The van der Waals surface area contributed by atoms with Crippen LogP contribution in [0.3, 0.4) is 0 Å². The summed E-state index contributed by atoms with van der Waals surface area (Å²) >= 11 is 6.02. The highest BCUT2D eigenvalue weighted by Gasteiger charge is 2.10. The number of piperidine rings is 2. The number of pyridine rings is 2. The summed E-state index contributed by atoms with van der Waals surface area (Å²) < 4.78 is 0. The molecule has 2 fully saturated rings. The van der Waals surface area contributed by atoms with E-state index in [4.69, 9.17) is 11.6 Å². The lowest BCUT2D eigenvalue weighted by Gasteiger charge is -2.26. The summed E-state index contributed by atoms with van der Waals surface area (Å²) in [6.07, 6.45) is 16.7. The van der Waals surface area contributed by atoms with E-state index in [1.165, 1.54) is 121 Å². The van der Waals surface area contributed by atoms with E-state index in [0.717, 1.165) is 45.9 Å². The Morgan fingerprint density at radius 1 is 0.644 bits per heavy atom. The van der Waals surface area contributed by atoms with Gasteiger partial charge in [-0.25, -0.2) is 0 Å². The number of unbranched alkanes of at least 4 members (excludes halogenated alkanes) is 3. The molecule has 6 nitrogen and oxygen atoms in total. The molecule has 0 amide bonds. The van der Waals surface area contributed by atoms with Crippen LogP contribution >= 0.6 is 11.6 Å². The third-order valence-electron chi connectivity index (χ3n) is 9.13. The standard InChI is InChI=1S/C21H31N3.C17H22ClN3/c1-18-17-21(19-11-5-6-12-20(19)23-18)22-13-7-2-3-8-14-24-15-9-4-10-16-24;18-14-5-6-15-16(7-9-20-17(15)13-14)19-8-4-12-21-10-2-1-3-11-21/h5-6,11-12,17H,2-4,7-10,13-16H2,1H3,(H,22,23);5-7,9,13H,1-4,8,10-12H2,(H,19,20). The average molecular weight is 629 g/mol. The first kappa shape index (κ1) is 33.4. The number of halogens is 1. The summed E-state index contributed by atoms with van der Waals surface area (Å²) in [6.45, 7) is 11.8. The van der Waals surface area contributed by atoms with Crippen molar-refractivity contribution in [2.24, 2.45) is 0 Å². The van der Waals surface area contributed by atoms with Crippen molar-refractivity contribution in [2.75, 3.05) is 63.0 Å². The van der Waals surface area contributed by atoms with Crippen LogP contribution in [0, 0.1) is 6.92 Å². The molecule has 2 aromatic heterocycles. The Morgan fingerprint density at radius 2 is 1.29 bits per heavy atom. The number of rotatable bonds is 13. The van der Waals surface area contributed by atoms with Gasteiger partial charge in [-0.2, -0.15) is 0 Å². The van der Waals surface area contributed by atoms with E-state index in [0.29, 0.717) is 0 Å². The van der Waals surface area contributed by atoms with Gasteiger partial charge in [0.1, 0.15) is 0 Å². The molecule has 4 aromatic rings. The van der Waals surface area contributed by atoms with Crippen molar-refractivity contribution in [1.29, 1.82) is 0 Å². The van der Waals surface area contributed by atoms with Crippen LogP contribution in [-0.2, 0) is 0 Å². The normalized spacial score (nSPS) is 16.0. The molecule has 2 N–H and O–H groups in total. The molecule has 4 heterocycles. The van der Waals surface area contributed by atoms with Gasteiger partial charge in [0.2, 0.25) is 0 Å². The van der Waals surface area contributed by atoms with E-state index in [-0.39, 0.29) is 0 Å². The Kier molecular flexibility index (Phi) is 13.6. The van der Waals surface area contributed by atoms with E-state index in [1.54, 1.807) is 0 Å². The van der Waals surface area contributed by atoms with Crippen molar-refractivity contribution in [3.63, 3.8) is 0 Å². The van der Waals surface area contributed by atoms with E-state index in [9.17, 15) is 0 Å². The molecule has 0 unspecified atom stereocenters. The number of nitrogens with zero attached hydrogens (tertiary/aromatic N) is 4. The quantitative estimate of drug-likeness (QED) is 0.144. The topological polar surface area (TPSA) is 56.3 Å². The zero-order valence-electron chi connectivity index (χ0n) is 27.4. The molecule has 0 saturated carbocycles. The maximum Gasteiger partial charge on any atom is 0.0737 e. The summed E-state index contributed by atoms with van der Waals surface area (Å²) in [6, 6.07) is 18.5. The number of likely N-dealkylation sites (tertiary alicyclic amines) is 2. The van der Waals surface area contributed by atoms with Gasteiger partial charge in [-0.15, -0.1) is 0 Å². The molecule has 0 spiro atoms. The first-order valence-electron chi connectivity index (χ1n) is 17.5. The molecular weight excluding hydrogens is 576 g/mol. The molecule has 2 saturated heterocycles. The van der Waals surface area contributed by atoms with Crippen molar-refractivity contribution >= 4 is 44.8 Å². The van der Waals surface area contributed by atoms with Gasteiger partial charge in [-0.1, -0.05) is 55.5 Å². The van der Waals surface area contributed by atoms with E-state index < -0.39 is 0 Å². The van der Waals surface area contributed by atoms with Gasteiger partial charge in [0.05, 0.1) is 11.0 Å². The van der Waals surface area contributed by atoms with Crippen LogP contribution in [0.4, 0.5) is 11.4 Å². The van der Waals surface area contributed by atoms with Crippen molar-refractivity contribution in [1.82, 2.24) is 19.8 Å². The average Bonchev–Trinajstić information content (AvgIpc) is 3.07. The van der Waals surface area contributed by atoms with Crippen molar-refractivity contribution < 1.29 is 0 Å². The third-order valence-corrected chi connectivity index (χ3v) is 9.36. The number of anilines is 2. The fraction of sp³-hybridized carbons (Fsp3) is 0.526. The lowest BCUT2D eigenvalue weighted by molar-refractivity contribution is 0.224. The van der Waals surface area contributed by atoms with Gasteiger partial charge in [-0.3, -0.25) is 9.97 Å². The van der Waals surface area contributed by atoms with Gasteiger partial charge in [-0.05, 0) is 128 Å². The number of aryl methyl sites for hydroxylation is 1. The second-order valence-corrected chi connectivity index (χ2v) is 13.2. The Labute approximate surface area is 276 Å². The molecule has 0 atom stereocenters. The van der Waals surface area contributed by atoms with E-state index >= 15 is 0 Å². The highest BCUT2D eigenvalue weighted by atomic mass is 35.5. The SMILES string of the molecule is Cc1cc(NCCCCCCN2CCCCC2)c2ccccc2n1.Clc1ccc2c(NCCCN3CCCCC3)ccnc2c1. The lowest BCUT2D eigenvalue weighted by Crippen LogP contribution is -2.31. The number of benzene rings is 2. The summed E-state index contributed by atoms with van der Waals surface area (Å²) in [5.41, 5.74) is 5.49. The summed E-state index contributed by atoms with van der Waals surface area (Å²) in [5.74, 6) is 0. The van der Waals surface area contributed by atoms with Crippen LogP contribution in [0.15, 0.2) is 60.8 Å². The third kappa shape index (κ3) is 10.8. The molecule has 242 valence electrons. The Hall–Kier alpha value is -2.93. The largest absolute Gasteiger partial charge is 0.384 e. The Balaban J connectivity index is 0.000000179. The molecule has 6 rings (SSSR count). The van der Waals surface area contributed by atoms with Gasteiger partial charge >= 0.3 is 0 Å². The van der Waals surface area contributed by atoms with Crippen LogP contribution < -0.4 is 10.6 Å². The summed E-state index contributed by atoms with van der Waals surface area (Å²) in [5, 5.41) is 10.3. The van der Waals surface area contributed by atoms with Crippen LogP contribution in [-0.4, -0.2) is 72.1 Å². The minimum atomic E-state index is 0.734. The second kappa shape index (κ2) is 18.3. The van der Waals surface area contributed by atoms with Crippen LogP contribution in [0.5, 0.6) is 0 Å². The maximum atomic E-state index is 6.02. The molecular formula is C38H53ClN6. The molecule has 7 heteroatoms. The molecule has 0 bridgehead atoms. The predicted molar refractivity (Wildman–Crippen MR) is 194 cm³/mol. The van der Waals surface area contributed by atoms with E-state index in [1.807, 2.05) is 30.5 Å². The first-order chi connectivity index (χ1) is 22.2. The lowest BCUT2D eigenvalue weighted by atomic mass is 10.1. The fourth-order valence-electron chi connectivity index (χ4n) is 6.66. The summed E-state index contributed by atoms with van der Waals surface area (Å²) in [4.78, 5) is 14.2.